The summed E-state index contributed by atoms with van der Waals surface area (Å²) in [4.78, 5) is 59.3. The van der Waals surface area contributed by atoms with Crippen molar-refractivity contribution in [3.8, 4) is 11.1 Å². The lowest BCUT2D eigenvalue weighted by atomic mass is 9.98. The van der Waals surface area contributed by atoms with Crippen molar-refractivity contribution < 1.29 is 33.8 Å². The molecule has 0 fully saturated rings. The summed E-state index contributed by atoms with van der Waals surface area (Å²) in [5.41, 5.74) is 9.71. The standard InChI is InChI=1S/C27H33N5O7/c28-12-6-5-11-22(26(36)37)32-25(35)15-30-23(33)13-29-24(34)14-31-27(38)39-16-21-19-9-3-1-7-17(19)18-8-2-4-10-20(18)21/h1-4,7-10,21-22H,5-6,11-16,28H2,(H,29,34)(H,30,33)(H,31,38)(H,32,35)(H,36,37)/t22-/m0/s1. The third-order valence-corrected chi connectivity index (χ3v) is 6.21. The molecule has 0 heterocycles. The minimum atomic E-state index is -1.18. The zero-order chi connectivity index (χ0) is 28.2. The number of amides is 4. The number of fused-ring (bicyclic) bond motifs is 3. The first-order chi connectivity index (χ1) is 18.8. The van der Waals surface area contributed by atoms with Gasteiger partial charge >= 0.3 is 12.1 Å². The molecule has 1 aliphatic carbocycles. The van der Waals surface area contributed by atoms with Crippen LogP contribution in [0.25, 0.3) is 11.1 Å². The zero-order valence-corrected chi connectivity index (χ0v) is 21.4. The number of rotatable bonds is 14. The Bertz CT molecular complexity index is 1160. The maximum absolute atomic E-state index is 12.2. The van der Waals surface area contributed by atoms with E-state index in [4.69, 9.17) is 10.5 Å². The van der Waals surface area contributed by atoms with Crippen LogP contribution in [-0.4, -0.2) is 73.7 Å². The number of aliphatic carboxylic acids is 1. The molecule has 7 N–H and O–H groups in total. The fourth-order valence-corrected chi connectivity index (χ4v) is 4.28. The van der Waals surface area contributed by atoms with Gasteiger partial charge in [0.1, 0.15) is 19.2 Å². The van der Waals surface area contributed by atoms with Gasteiger partial charge in [-0.1, -0.05) is 48.5 Å². The fraction of sp³-hybridized carbons (Fsp3) is 0.370. The molecule has 3 rings (SSSR count). The number of ether oxygens (including phenoxy) is 1. The number of alkyl carbamates (subject to hydrolysis) is 1. The lowest BCUT2D eigenvalue weighted by Crippen LogP contribution is -2.47. The second kappa shape index (κ2) is 14.5. The topological polar surface area (TPSA) is 189 Å². The minimum Gasteiger partial charge on any atom is -0.480 e. The molecule has 208 valence electrons. The van der Waals surface area contributed by atoms with E-state index >= 15 is 0 Å². The van der Waals surface area contributed by atoms with Gasteiger partial charge in [-0.25, -0.2) is 9.59 Å². The molecule has 0 bridgehead atoms. The predicted molar refractivity (Wildman–Crippen MR) is 142 cm³/mol. The largest absolute Gasteiger partial charge is 0.480 e. The number of nitrogens with one attached hydrogen (secondary N) is 4. The molecule has 1 atom stereocenters. The van der Waals surface area contributed by atoms with Crippen LogP contribution in [0, 0.1) is 0 Å². The van der Waals surface area contributed by atoms with Crippen LogP contribution in [0.4, 0.5) is 4.79 Å². The highest BCUT2D eigenvalue weighted by atomic mass is 16.5. The third kappa shape index (κ3) is 8.54. The summed E-state index contributed by atoms with van der Waals surface area (Å²) in [7, 11) is 0. The SMILES string of the molecule is NCCCC[C@H](NC(=O)CNC(=O)CNC(=O)CNC(=O)OCC1c2ccccc2-c2ccccc21)C(=O)O. The third-order valence-electron chi connectivity index (χ3n) is 6.21. The van der Waals surface area contributed by atoms with Gasteiger partial charge in [-0.2, -0.15) is 0 Å². The predicted octanol–water partition coefficient (Wildman–Crippen LogP) is 0.456. The van der Waals surface area contributed by atoms with Gasteiger partial charge in [0, 0.05) is 5.92 Å². The van der Waals surface area contributed by atoms with Crippen molar-refractivity contribution in [2.24, 2.45) is 5.73 Å². The number of nitrogens with two attached hydrogens (primary N) is 1. The van der Waals surface area contributed by atoms with Crippen LogP contribution in [0.1, 0.15) is 36.3 Å². The van der Waals surface area contributed by atoms with Crippen LogP contribution < -0.4 is 27.0 Å². The summed E-state index contributed by atoms with van der Waals surface area (Å²) in [5.74, 6) is -3.26. The summed E-state index contributed by atoms with van der Waals surface area (Å²) in [5, 5.41) is 18.5. The lowest BCUT2D eigenvalue weighted by molar-refractivity contribution is -0.142. The summed E-state index contributed by atoms with van der Waals surface area (Å²) in [6.45, 7) is -0.775. The van der Waals surface area contributed by atoms with Crippen LogP contribution in [0.15, 0.2) is 48.5 Å². The van der Waals surface area contributed by atoms with Gasteiger partial charge in [0.05, 0.1) is 13.1 Å². The number of carbonyl (C=O) groups is 5. The Labute approximate surface area is 225 Å². The Hall–Kier alpha value is -4.45. The molecule has 0 spiro atoms. The number of carboxylic acid groups (broad SMARTS) is 1. The number of hydrogen-bond acceptors (Lipinski definition) is 7. The van der Waals surface area contributed by atoms with Crippen molar-refractivity contribution in [2.75, 3.05) is 32.8 Å². The smallest absolute Gasteiger partial charge is 0.407 e. The highest BCUT2D eigenvalue weighted by molar-refractivity contribution is 5.90. The number of carbonyl (C=O) groups excluding carboxylic acids is 4. The average Bonchev–Trinajstić information content (AvgIpc) is 3.25. The first-order valence-corrected chi connectivity index (χ1v) is 12.6. The molecule has 39 heavy (non-hydrogen) atoms. The Kier molecular flexibility index (Phi) is 10.8. The molecule has 12 nitrogen and oxygen atoms in total. The Morgan fingerprint density at radius 2 is 1.33 bits per heavy atom. The van der Waals surface area contributed by atoms with Crippen molar-refractivity contribution in [3.63, 3.8) is 0 Å². The van der Waals surface area contributed by atoms with E-state index in [1.807, 2.05) is 48.5 Å². The van der Waals surface area contributed by atoms with E-state index in [1.54, 1.807) is 0 Å². The second-order valence-electron chi connectivity index (χ2n) is 8.98. The zero-order valence-electron chi connectivity index (χ0n) is 21.4. The highest BCUT2D eigenvalue weighted by Gasteiger charge is 2.29. The van der Waals surface area contributed by atoms with Gasteiger partial charge in [0.25, 0.3) is 0 Å². The van der Waals surface area contributed by atoms with Crippen molar-refractivity contribution >= 4 is 29.8 Å². The van der Waals surface area contributed by atoms with E-state index in [2.05, 4.69) is 21.3 Å². The Morgan fingerprint density at radius 1 is 0.795 bits per heavy atom. The molecule has 4 amide bonds. The van der Waals surface area contributed by atoms with E-state index < -0.39 is 55.5 Å². The van der Waals surface area contributed by atoms with E-state index in [1.165, 1.54) is 0 Å². The molecule has 0 radical (unpaired) electrons. The van der Waals surface area contributed by atoms with Gasteiger partial charge in [-0.3, -0.25) is 14.4 Å². The van der Waals surface area contributed by atoms with E-state index in [-0.39, 0.29) is 18.9 Å². The van der Waals surface area contributed by atoms with Gasteiger partial charge in [-0.05, 0) is 48.1 Å². The monoisotopic (exact) mass is 539 g/mol. The Balaban J connectivity index is 1.33. The summed E-state index contributed by atoms with van der Waals surface area (Å²) in [6, 6.07) is 14.8. The molecule has 0 aliphatic heterocycles. The fourth-order valence-electron chi connectivity index (χ4n) is 4.28. The normalized spacial score (nSPS) is 12.4. The summed E-state index contributed by atoms with van der Waals surface area (Å²) in [6.07, 6.45) is 0.620. The van der Waals surface area contributed by atoms with Crippen molar-refractivity contribution in [1.29, 1.82) is 0 Å². The summed E-state index contributed by atoms with van der Waals surface area (Å²) < 4.78 is 5.36. The van der Waals surface area contributed by atoms with Gasteiger partial charge in [-0.15, -0.1) is 0 Å². The summed E-state index contributed by atoms with van der Waals surface area (Å²) >= 11 is 0. The molecule has 0 saturated carbocycles. The first-order valence-electron chi connectivity index (χ1n) is 12.6. The minimum absolute atomic E-state index is 0.0989. The van der Waals surface area contributed by atoms with Gasteiger partial charge < -0.3 is 36.8 Å². The number of carboxylic acids is 1. The highest BCUT2D eigenvalue weighted by Crippen LogP contribution is 2.44. The van der Waals surface area contributed by atoms with Crippen LogP contribution in [0.5, 0.6) is 0 Å². The molecule has 12 heteroatoms. The lowest BCUT2D eigenvalue weighted by Gasteiger charge is -2.15. The molecular weight excluding hydrogens is 506 g/mol. The van der Waals surface area contributed by atoms with E-state index in [9.17, 15) is 29.1 Å². The van der Waals surface area contributed by atoms with Crippen LogP contribution in [-0.2, 0) is 23.9 Å². The van der Waals surface area contributed by atoms with Gasteiger partial charge in [0.2, 0.25) is 17.7 Å². The molecule has 2 aromatic rings. The maximum Gasteiger partial charge on any atom is 0.407 e. The average molecular weight is 540 g/mol. The van der Waals surface area contributed by atoms with Crippen LogP contribution in [0.3, 0.4) is 0 Å². The number of benzene rings is 2. The van der Waals surface area contributed by atoms with Crippen molar-refractivity contribution in [3.05, 3.63) is 59.7 Å². The maximum atomic E-state index is 12.2. The van der Waals surface area contributed by atoms with E-state index in [0.29, 0.717) is 19.4 Å². The van der Waals surface area contributed by atoms with Gasteiger partial charge in [0.15, 0.2) is 0 Å². The molecular formula is C27H33N5O7. The van der Waals surface area contributed by atoms with E-state index in [0.717, 1.165) is 22.3 Å². The molecule has 0 aromatic heterocycles. The molecule has 2 aromatic carbocycles. The van der Waals surface area contributed by atoms with Crippen molar-refractivity contribution in [2.45, 2.75) is 31.2 Å². The van der Waals surface area contributed by atoms with Crippen LogP contribution >= 0.6 is 0 Å². The number of unbranched alkanes of at least 4 members (excludes halogenated alkanes) is 1. The molecule has 1 aliphatic rings. The second-order valence-corrected chi connectivity index (χ2v) is 8.98. The Morgan fingerprint density at radius 3 is 1.90 bits per heavy atom. The van der Waals surface area contributed by atoms with Crippen molar-refractivity contribution in [1.82, 2.24) is 21.3 Å². The number of hydrogen-bond donors (Lipinski definition) is 6. The first kappa shape index (κ1) is 29.1. The molecule has 0 unspecified atom stereocenters. The molecule has 0 saturated heterocycles. The quantitative estimate of drug-likeness (QED) is 0.187. The van der Waals surface area contributed by atoms with Crippen LogP contribution in [0.2, 0.25) is 0 Å².